The molecular formula is C27H38O6. The van der Waals surface area contributed by atoms with E-state index in [9.17, 15) is 9.59 Å². The normalized spacial score (nSPS) is 12.1. The van der Waals surface area contributed by atoms with Gasteiger partial charge in [-0.05, 0) is 24.0 Å². The van der Waals surface area contributed by atoms with Crippen LogP contribution in [0.1, 0.15) is 56.1 Å². The molecular weight excluding hydrogens is 420 g/mol. The Morgan fingerprint density at radius 3 is 1.45 bits per heavy atom. The number of hydrogen-bond donors (Lipinski definition) is 0. The van der Waals surface area contributed by atoms with E-state index in [0.29, 0.717) is 26.4 Å². The molecule has 2 rings (SSSR count). The highest BCUT2D eigenvalue weighted by atomic mass is 16.5. The lowest BCUT2D eigenvalue weighted by molar-refractivity contribution is -0.147. The number of methoxy groups -OCH3 is 2. The zero-order chi connectivity index (χ0) is 24.3. The van der Waals surface area contributed by atoms with Crippen LogP contribution < -0.4 is 0 Å². The van der Waals surface area contributed by atoms with Gasteiger partial charge in [-0.3, -0.25) is 9.59 Å². The van der Waals surface area contributed by atoms with Crippen molar-refractivity contribution >= 4 is 11.9 Å². The number of benzene rings is 2. The monoisotopic (exact) mass is 458 g/mol. The predicted molar refractivity (Wildman–Crippen MR) is 129 cm³/mol. The van der Waals surface area contributed by atoms with E-state index in [-0.39, 0.29) is 23.8 Å². The Balaban J connectivity index is 0.000000331. The second-order valence-corrected chi connectivity index (χ2v) is 7.53. The summed E-state index contributed by atoms with van der Waals surface area (Å²) in [5.41, 5.74) is 1.88. The zero-order valence-electron chi connectivity index (χ0n) is 20.3. The predicted octanol–water partition coefficient (Wildman–Crippen LogP) is 5.13. The zero-order valence-corrected chi connectivity index (χ0v) is 20.3. The lowest BCUT2D eigenvalue weighted by Crippen LogP contribution is -2.20. The van der Waals surface area contributed by atoms with Crippen molar-refractivity contribution in [3.05, 3.63) is 71.8 Å². The van der Waals surface area contributed by atoms with E-state index in [0.717, 1.165) is 30.4 Å². The van der Waals surface area contributed by atoms with Gasteiger partial charge >= 0.3 is 11.9 Å². The average molecular weight is 459 g/mol. The molecule has 0 aromatic heterocycles. The van der Waals surface area contributed by atoms with Gasteiger partial charge in [-0.25, -0.2) is 0 Å². The molecule has 0 heterocycles. The van der Waals surface area contributed by atoms with Gasteiger partial charge in [0.25, 0.3) is 0 Å². The van der Waals surface area contributed by atoms with Crippen LogP contribution in [-0.2, 0) is 28.5 Å². The lowest BCUT2D eigenvalue weighted by atomic mass is 10.0. The second kappa shape index (κ2) is 17.8. The number of unbranched alkanes of at least 4 members (excludes halogenated alkanes) is 1. The van der Waals surface area contributed by atoms with Gasteiger partial charge in [-0.15, -0.1) is 0 Å². The third kappa shape index (κ3) is 11.1. The molecule has 2 aromatic carbocycles. The quantitative estimate of drug-likeness (QED) is 0.306. The summed E-state index contributed by atoms with van der Waals surface area (Å²) in [7, 11) is 3.18. The van der Waals surface area contributed by atoms with Gasteiger partial charge in [-0.1, -0.05) is 80.9 Å². The van der Waals surface area contributed by atoms with Crippen LogP contribution in [0.25, 0.3) is 0 Å². The van der Waals surface area contributed by atoms with Crippen molar-refractivity contribution in [3.8, 4) is 0 Å². The second-order valence-electron chi connectivity index (χ2n) is 7.53. The number of carbonyl (C=O) groups is 2. The van der Waals surface area contributed by atoms with Crippen LogP contribution in [0.2, 0.25) is 0 Å². The number of rotatable bonds is 13. The minimum Gasteiger partial charge on any atom is -0.465 e. The van der Waals surface area contributed by atoms with Gasteiger partial charge in [0.05, 0.1) is 26.4 Å². The molecule has 182 valence electrons. The van der Waals surface area contributed by atoms with Gasteiger partial charge in [-0.2, -0.15) is 0 Å². The smallest absolute Gasteiger partial charge is 0.315 e. The third-order valence-electron chi connectivity index (χ3n) is 4.83. The Hall–Kier alpha value is -2.70. The fourth-order valence-electron chi connectivity index (χ4n) is 3.03. The van der Waals surface area contributed by atoms with Crippen LogP contribution >= 0.6 is 0 Å². The highest BCUT2D eigenvalue weighted by Gasteiger charge is 2.22. The molecule has 6 heteroatoms. The van der Waals surface area contributed by atoms with Gasteiger partial charge < -0.3 is 18.9 Å². The summed E-state index contributed by atoms with van der Waals surface area (Å²) >= 11 is 0. The van der Waals surface area contributed by atoms with E-state index in [4.69, 9.17) is 18.9 Å². The van der Waals surface area contributed by atoms with Crippen molar-refractivity contribution in [2.75, 3.05) is 40.6 Å². The summed E-state index contributed by atoms with van der Waals surface area (Å²) in [4.78, 5) is 23.7. The fraction of sp³-hybridized carbons (Fsp3) is 0.481. The maximum absolute atomic E-state index is 11.9. The van der Waals surface area contributed by atoms with Gasteiger partial charge in [0.2, 0.25) is 0 Å². The Morgan fingerprint density at radius 1 is 0.667 bits per heavy atom. The highest BCUT2D eigenvalue weighted by molar-refractivity contribution is 5.78. The SMILES string of the molecule is CCCCOC(=O)C(COC)c1ccccc1.CCCOC(=O)C(COC)c1ccccc1. The van der Waals surface area contributed by atoms with Crippen LogP contribution in [0.15, 0.2) is 60.7 Å². The van der Waals surface area contributed by atoms with Crippen LogP contribution in [0.5, 0.6) is 0 Å². The van der Waals surface area contributed by atoms with Crippen molar-refractivity contribution in [2.45, 2.75) is 44.9 Å². The number of carbonyl (C=O) groups excluding carboxylic acids is 2. The molecule has 2 aromatic rings. The van der Waals surface area contributed by atoms with Crippen molar-refractivity contribution in [2.24, 2.45) is 0 Å². The number of ether oxygens (including phenoxy) is 4. The molecule has 0 saturated carbocycles. The van der Waals surface area contributed by atoms with Crippen molar-refractivity contribution < 1.29 is 28.5 Å². The van der Waals surface area contributed by atoms with Crippen molar-refractivity contribution in [3.63, 3.8) is 0 Å². The average Bonchev–Trinajstić information content (AvgIpc) is 2.86. The van der Waals surface area contributed by atoms with Crippen molar-refractivity contribution in [1.29, 1.82) is 0 Å². The number of esters is 2. The maximum atomic E-state index is 11.9. The lowest BCUT2D eigenvalue weighted by Gasteiger charge is -2.15. The summed E-state index contributed by atoms with van der Waals surface area (Å²) in [6.45, 7) is 5.70. The Morgan fingerprint density at radius 2 is 1.09 bits per heavy atom. The standard InChI is InChI=1S/C14H20O3.C13H18O3/c1-3-4-10-17-14(15)13(11-16-2)12-8-6-5-7-9-12;1-3-9-16-13(14)12(10-15-2)11-7-5-4-6-8-11/h5-9,13H,3-4,10-11H2,1-2H3;4-8,12H,3,9-10H2,1-2H3. The van der Waals surface area contributed by atoms with Gasteiger partial charge in [0.1, 0.15) is 11.8 Å². The first-order valence-electron chi connectivity index (χ1n) is 11.5. The summed E-state index contributed by atoms with van der Waals surface area (Å²) in [6.07, 6.45) is 2.76. The van der Waals surface area contributed by atoms with Gasteiger partial charge in [0.15, 0.2) is 0 Å². The van der Waals surface area contributed by atoms with E-state index in [1.54, 1.807) is 14.2 Å². The molecule has 2 atom stereocenters. The fourth-order valence-corrected chi connectivity index (χ4v) is 3.03. The minimum atomic E-state index is -0.322. The summed E-state index contributed by atoms with van der Waals surface area (Å²) in [5.74, 6) is -1.06. The molecule has 0 aliphatic rings. The minimum absolute atomic E-state index is 0.202. The van der Waals surface area contributed by atoms with E-state index in [1.165, 1.54) is 0 Å². The first-order valence-corrected chi connectivity index (χ1v) is 11.5. The highest BCUT2D eigenvalue weighted by Crippen LogP contribution is 2.18. The molecule has 6 nitrogen and oxygen atoms in total. The summed E-state index contributed by atoms with van der Waals surface area (Å²) in [5, 5.41) is 0. The molecule has 0 fully saturated rings. The Kier molecular flexibility index (Phi) is 15.3. The number of hydrogen-bond acceptors (Lipinski definition) is 6. The van der Waals surface area contributed by atoms with E-state index >= 15 is 0 Å². The summed E-state index contributed by atoms with van der Waals surface area (Å²) < 4.78 is 20.5. The molecule has 0 radical (unpaired) electrons. The molecule has 0 amide bonds. The molecule has 0 aliphatic carbocycles. The molecule has 0 aliphatic heterocycles. The third-order valence-corrected chi connectivity index (χ3v) is 4.83. The largest absolute Gasteiger partial charge is 0.465 e. The first kappa shape index (κ1) is 28.3. The van der Waals surface area contributed by atoms with E-state index in [1.807, 2.05) is 67.6 Å². The summed E-state index contributed by atoms with van der Waals surface area (Å²) in [6, 6.07) is 19.2. The van der Waals surface area contributed by atoms with Crippen LogP contribution in [0, 0.1) is 0 Å². The van der Waals surface area contributed by atoms with Gasteiger partial charge in [0, 0.05) is 14.2 Å². The van der Waals surface area contributed by atoms with E-state index < -0.39 is 0 Å². The maximum Gasteiger partial charge on any atom is 0.315 e. The molecule has 0 spiro atoms. The molecule has 33 heavy (non-hydrogen) atoms. The van der Waals surface area contributed by atoms with Crippen LogP contribution in [-0.4, -0.2) is 52.6 Å². The van der Waals surface area contributed by atoms with Crippen LogP contribution in [0.3, 0.4) is 0 Å². The topological polar surface area (TPSA) is 71.1 Å². The van der Waals surface area contributed by atoms with Crippen molar-refractivity contribution in [1.82, 2.24) is 0 Å². The first-order chi connectivity index (χ1) is 16.1. The van der Waals surface area contributed by atoms with E-state index in [2.05, 4.69) is 6.92 Å². The Labute approximate surface area is 198 Å². The molecule has 2 unspecified atom stereocenters. The molecule has 0 saturated heterocycles. The Bertz CT molecular complexity index is 763. The molecule has 0 bridgehead atoms. The van der Waals surface area contributed by atoms with Crippen LogP contribution in [0.4, 0.5) is 0 Å². The molecule has 0 N–H and O–H groups in total.